The van der Waals surface area contributed by atoms with Crippen LogP contribution in [0.1, 0.15) is 27.7 Å². The molecule has 0 aliphatic carbocycles. The molecule has 1 aliphatic heterocycles. The molecule has 1 heterocycles. The smallest absolute Gasteiger partial charge is 0.347 e. The van der Waals surface area contributed by atoms with E-state index < -0.39 is 18.0 Å². The van der Waals surface area contributed by atoms with Gasteiger partial charge in [0.15, 0.2) is 0 Å². The first-order valence-electron chi connectivity index (χ1n) is 4.29. The van der Waals surface area contributed by atoms with Crippen molar-refractivity contribution in [2.45, 2.75) is 45.7 Å². The van der Waals surface area contributed by atoms with E-state index in [0.717, 1.165) is 0 Å². The Morgan fingerprint density at radius 2 is 1.77 bits per heavy atom. The lowest BCUT2D eigenvalue weighted by Crippen LogP contribution is -2.38. The maximum atomic E-state index is 11.9. The lowest BCUT2D eigenvalue weighted by molar-refractivity contribution is -0.230. The van der Waals surface area contributed by atoms with Crippen molar-refractivity contribution < 1.29 is 17.9 Å². The Hall–Kier alpha value is -0.290. The van der Waals surface area contributed by atoms with Gasteiger partial charge in [0.25, 0.3) is 0 Å². The van der Waals surface area contributed by atoms with Crippen molar-refractivity contribution in [3.63, 3.8) is 0 Å². The van der Waals surface area contributed by atoms with Crippen molar-refractivity contribution in [1.29, 1.82) is 0 Å². The van der Waals surface area contributed by atoms with E-state index >= 15 is 0 Å². The van der Waals surface area contributed by atoms with Gasteiger partial charge in [-0.1, -0.05) is 13.8 Å². The number of nitrogens with one attached hydrogen (secondary N) is 1. The topological polar surface area (TPSA) is 21.3 Å². The molecule has 0 radical (unpaired) electrons. The van der Waals surface area contributed by atoms with Crippen LogP contribution in [0.2, 0.25) is 0 Å². The molecule has 80 valence electrons. The van der Waals surface area contributed by atoms with Crippen LogP contribution >= 0.6 is 0 Å². The van der Waals surface area contributed by atoms with Gasteiger partial charge in [-0.25, -0.2) is 0 Å². The molecule has 1 fully saturated rings. The molecule has 13 heavy (non-hydrogen) atoms. The minimum atomic E-state index is -4.30. The summed E-state index contributed by atoms with van der Waals surface area (Å²) >= 11 is 0. The lowest BCUT2D eigenvalue weighted by Gasteiger charge is -2.18. The summed E-state index contributed by atoms with van der Waals surface area (Å²) in [6.45, 7) is 7.47. The van der Waals surface area contributed by atoms with E-state index in [2.05, 4.69) is 10.1 Å². The van der Waals surface area contributed by atoms with Gasteiger partial charge in [-0.2, -0.15) is 13.2 Å². The standard InChI is InChI=1S/C6H10F3NO.C2H6/c1-5(2)3-10-4(11-5)6(7,8)9;1-2/h4,10H,3H2,1-2H3;1-2H3. The summed E-state index contributed by atoms with van der Waals surface area (Å²) < 4.78 is 40.4. The van der Waals surface area contributed by atoms with Crippen LogP contribution in [-0.4, -0.2) is 24.6 Å². The molecule has 0 aromatic rings. The molecule has 0 saturated carbocycles. The highest BCUT2D eigenvalue weighted by Crippen LogP contribution is 2.28. The molecule has 0 aromatic carbocycles. The maximum Gasteiger partial charge on any atom is 0.428 e. The fourth-order valence-electron chi connectivity index (χ4n) is 0.923. The third-order valence-corrected chi connectivity index (χ3v) is 1.45. The summed E-state index contributed by atoms with van der Waals surface area (Å²) in [5.41, 5.74) is -0.708. The third kappa shape index (κ3) is 3.95. The van der Waals surface area contributed by atoms with Crippen LogP contribution in [0.3, 0.4) is 0 Å². The number of hydrogen-bond donors (Lipinski definition) is 1. The first kappa shape index (κ1) is 12.7. The molecule has 2 nitrogen and oxygen atoms in total. The zero-order valence-electron chi connectivity index (χ0n) is 8.33. The zero-order chi connectivity index (χ0) is 10.7. The second kappa shape index (κ2) is 4.28. The molecule has 0 amide bonds. The fraction of sp³-hybridized carbons (Fsp3) is 1.00. The van der Waals surface area contributed by atoms with Gasteiger partial charge in [0.1, 0.15) is 0 Å². The van der Waals surface area contributed by atoms with Crippen LogP contribution in [-0.2, 0) is 4.74 Å². The molecule has 0 bridgehead atoms. The molecule has 1 aliphatic rings. The predicted molar refractivity (Wildman–Crippen MR) is 44.4 cm³/mol. The van der Waals surface area contributed by atoms with Gasteiger partial charge in [-0.05, 0) is 13.8 Å². The van der Waals surface area contributed by atoms with Gasteiger partial charge in [-0.15, -0.1) is 0 Å². The highest BCUT2D eigenvalue weighted by Gasteiger charge is 2.47. The summed E-state index contributed by atoms with van der Waals surface area (Å²) in [5.74, 6) is 0. The van der Waals surface area contributed by atoms with Crippen molar-refractivity contribution in [2.75, 3.05) is 6.54 Å². The summed E-state index contributed by atoms with van der Waals surface area (Å²) in [6, 6.07) is 0. The van der Waals surface area contributed by atoms with Crippen LogP contribution in [0.5, 0.6) is 0 Å². The molecule has 1 unspecified atom stereocenters. The second-order valence-electron chi connectivity index (χ2n) is 3.18. The molecule has 1 N–H and O–H groups in total. The summed E-state index contributed by atoms with van der Waals surface area (Å²) in [7, 11) is 0. The van der Waals surface area contributed by atoms with Crippen LogP contribution in [0.25, 0.3) is 0 Å². The molecular weight excluding hydrogens is 183 g/mol. The number of halogens is 3. The Kier molecular flexibility index (Phi) is 4.19. The van der Waals surface area contributed by atoms with Crippen LogP contribution in [0.15, 0.2) is 0 Å². The molecule has 1 atom stereocenters. The van der Waals surface area contributed by atoms with E-state index in [1.165, 1.54) is 0 Å². The highest BCUT2D eigenvalue weighted by molar-refractivity contribution is 4.84. The fourth-order valence-corrected chi connectivity index (χ4v) is 0.923. The van der Waals surface area contributed by atoms with E-state index in [1.807, 2.05) is 13.8 Å². The predicted octanol–water partition coefficient (Wildman–Crippen LogP) is 2.30. The summed E-state index contributed by atoms with van der Waals surface area (Å²) in [6.07, 6.45) is -6.09. The Balaban J connectivity index is 0.000000671. The van der Waals surface area contributed by atoms with Crippen molar-refractivity contribution in [3.05, 3.63) is 0 Å². The monoisotopic (exact) mass is 199 g/mol. The van der Waals surface area contributed by atoms with Crippen molar-refractivity contribution >= 4 is 0 Å². The SMILES string of the molecule is CC.CC1(C)CNC(C(F)(F)F)O1. The van der Waals surface area contributed by atoms with Crippen LogP contribution < -0.4 is 5.32 Å². The quantitative estimate of drug-likeness (QED) is 0.646. The van der Waals surface area contributed by atoms with E-state index in [9.17, 15) is 13.2 Å². The average molecular weight is 199 g/mol. The Labute approximate surface area is 76.5 Å². The van der Waals surface area contributed by atoms with Crippen molar-refractivity contribution in [3.8, 4) is 0 Å². The van der Waals surface area contributed by atoms with E-state index in [-0.39, 0.29) is 6.54 Å². The number of hydrogen-bond acceptors (Lipinski definition) is 2. The molecule has 0 aromatic heterocycles. The van der Waals surface area contributed by atoms with Gasteiger partial charge >= 0.3 is 6.18 Å². The van der Waals surface area contributed by atoms with E-state index in [4.69, 9.17) is 0 Å². The Morgan fingerprint density at radius 1 is 1.31 bits per heavy atom. The van der Waals surface area contributed by atoms with Gasteiger partial charge in [0, 0.05) is 6.54 Å². The molecule has 0 spiro atoms. The normalized spacial score (nSPS) is 26.5. The van der Waals surface area contributed by atoms with Crippen LogP contribution in [0, 0.1) is 0 Å². The third-order valence-electron chi connectivity index (χ3n) is 1.45. The minimum Gasteiger partial charge on any atom is -0.347 e. The van der Waals surface area contributed by atoms with E-state index in [0.29, 0.717) is 0 Å². The molecule has 5 heteroatoms. The molecular formula is C8H16F3NO. The zero-order valence-corrected chi connectivity index (χ0v) is 8.33. The van der Waals surface area contributed by atoms with Crippen molar-refractivity contribution in [2.24, 2.45) is 0 Å². The first-order valence-corrected chi connectivity index (χ1v) is 4.29. The summed E-state index contributed by atoms with van der Waals surface area (Å²) in [5, 5.41) is 2.24. The molecule has 1 rings (SSSR count). The first-order chi connectivity index (χ1) is 5.81. The largest absolute Gasteiger partial charge is 0.428 e. The maximum absolute atomic E-state index is 11.9. The Morgan fingerprint density at radius 3 is 1.92 bits per heavy atom. The van der Waals surface area contributed by atoms with Gasteiger partial charge < -0.3 is 4.74 Å². The minimum absolute atomic E-state index is 0.233. The molecule has 1 saturated heterocycles. The number of rotatable bonds is 0. The number of ether oxygens (including phenoxy) is 1. The number of alkyl halides is 3. The average Bonchev–Trinajstić information content (AvgIpc) is 2.33. The van der Waals surface area contributed by atoms with Gasteiger partial charge in [-0.3, -0.25) is 5.32 Å². The lowest BCUT2D eigenvalue weighted by atomic mass is 10.1. The highest BCUT2D eigenvalue weighted by atomic mass is 19.4. The van der Waals surface area contributed by atoms with Crippen molar-refractivity contribution in [1.82, 2.24) is 5.32 Å². The van der Waals surface area contributed by atoms with Gasteiger partial charge in [0.2, 0.25) is 6.23 Å². The van der Waals surface area contributed by atoms with E-state index in [1.54, 1.807) is 13.8 Å². The Bertz CT molecular complexity index is 156. The van der Waals surface area contributed by atoms with Crippen LogP contribution in [0.4, 0.5) is 13.2 Å². The second-order valence-corrected chi connectivity index (χ2v) is 3.18. The summed E-state index contributed by atoms with van der Waals surface area (Å²) in [4.78, 5) is 0. The van der Waals surface area contributed by atoms with Gasteiger partial charge in [0.05, 0.1) is 5.60 Å².